The molecule has 0 fully saturated rings. The monoisotopic (exact) mass is 990 g/mol. The molecule has 0 bridgehead atoms. The van der Waals surface area contributed by atoms with Crippen LogP contribution in [0.3, 0.4) is 0 Å². The van der Waals surface area contributed by atoms with Gasteiger partial charge in [0.15, 0.2) is 5.82 Å². The van der Waals surface area contributed by atoms with Crippen molar-refractivity contribution < 1.29 is 0 Å². The fourth-order valence-electron chi connectivity index (χ4n) is 13.3. The topological polar surface area (TPSA) is 25.8 Å². The molecule has 13 aromatic rings. The van der Waals surface area contributed by atoms with Crippen LogP contribution in [0.1, 0.15) is 44.5 Å². The van der Waals surface area contributed by atoms with Gasteiger partial charge in [-0.05, 0) is 124 Å². The Morgan fingerprint density at radius 1 is 0.205 bits per heavy atom. The second kappa shape index (κ2) is 18.4. The molecule has 0 aliphatic heterocycles. The number of hydrogen-bond donors (Lipinski definition) is 0. The minimum absolute atomic E-state index is 0.438. The molecule has 0 saturated carbocycles. The van der Waals surface area contributed by atoms with Gasteiger partial charge in [0, 0.05) is 16.7 Å². The summed E-state index contributed by atoms with van der Waals surface area (Å²) in [5.74, 6) is 0.687. The Balaban J connectivity index is 0.858. The van der Waals surface area contributed by atoms with Gasteiger partial charge < -0.3 is 0 Å². The molecule has 2 heteroatoms. The lowest BCUT2D eigenvalue weighted by Crippen LogP contribution is -2.28. The minimum Gasteiger partial charge on any atom is -0.228 e. The van der Waals surface area contributed by atoms with Crippen molar-refractivity contribution in [2.75, 3.05) is 0 Å². The summed E-state index contributed by atoms with van der Waals surface area (Å²) in [6.45, 7) is 0. The molecule has 0 radical (unpaired) electrons. The molecule has 1 aromatic heterocycles. The van der Waals surface area contributed by atoms with Crippen LogP contribution in [0.25, 0.3) is 89.2 Å². The highest BCUT2D eigenvalue weighted by molar-refractivity contribution is 6.05. The molecule has 12 aromatic carbocycles. The molecule has 0 N–H and O–H groups in total. The molecule has 2 nitrogen and oxygen atoms in total. The molecular weight excluding hydrogens is 941 g/mol. The van der Waals surface area contributed by atoms with Crippen LogP contribution in [-0.4, -0.2) is 9.97 Å². The Morgan fingerprint density at radius 2 is 0.615 bits per heavy atom. The normalized spacial score (nSPS) is 13.3. The van der Waals surface area contributed by atoms with E-state index in [2.05, 4.69) is 297 Å². The van der Waals surface area contributed by atoms with Gasteiger partial charge in [0.05, 0.1) is 22.2 Å². The average molecular weight is 991 g/mol. The van der Waals surface area contributed by atoms with Crippen molar-refractivity contribution in [3.63, 3.8) is 0 Å². The summed E-state index contributed by atoms with van der Waals surface area (Å²) in [6, 6.07) is 111. The Bertz CT molecular complexity index is 4340. The number of fused-ring (bicyclic) bond motifs is 7. The largest absolute Gasteiger partial charge is 0.228 e. The van der Waals surface area contributed by atoms with Gasteiger partial charge in [-0.2, -0.15) is 0 Å². The molecule has 15 rings (SSSR count). The predicted molar refractivity (Wildman–Crippen MR) is 321 cm³/mol. The van der Waals surface area contributed by atoms with Crippen LogP contribution in [0.2, 0.25) is 0 Å². The van der Waals surface area contributed by atoms with E-state index in [1.165, 1.54) is 83.5 Å². The average Bonchev–Trinajstić information content (AvgIpc) is 4.17. The van der Waals surface area contributed by atoms with Crippen LogP contribution < -0.4 is 0 Å². The van der Waals surface area contributed by atoms with E-state index in [4.69, 9.17) is 9.97 Å². The lowest BCUT2D eigenvalue weighted by atomic mass is 9.67. The highest BCUT2D eigenvalue weighted by atomic mass is 14.9. The third-order valence-corrected chi connectivity index (χ3v) is 16.7. The standard InChI is InChI=1S/C76H50N2/c1-6-23-51(24-7-1)74-77-72(55-41-43-65-63-37-18-20-39-68(63)76(71(65)49-55,58-31-12-4-13-32-58)59-33-14-5-15-34-59)50-73(78-74)66-45-44-60(61-35-16-17-36-62(61)66)54-26-22-25-52(47-54)53-42-46-70-67(48-53)64-38-19-21-40-69(64)75(70,56-27-8-2-9-28-56)57-29-10-3-11-30-57/h1-50H. The fraction of sp³-hybridized carbons (Fsp3) is 0.0263. The van der Waals surface area contributed by atoms with Gasteiger partial charge >= 0.3 is 0 Å². The zero-order chi connectivity index (χ0) is 51.6. The van der Waals surface area contributed by atoms with E-state index in [1.54, 1.807) is 0 Å². The van der Waals surface area contributed by atoms with Gasteiger partial charge in [-0.1, -0.05) is 279 Å². The van der Waals surface area contributed by atoms with Crippen LogP contribution in [0.15, 0.2) is 303 Å². The molecule has 364 valence electrons. The van der Waals surface area contributed by atoms with Crippen molar-refractivity contribution in [1.29, 1.82) is 0 Å². The maximum atomic E-state index is 5.42. The van der Waals surface area contributed by atoms with Crippen molar-refractivity contribution in [2.45, 2.75) is 10.8 Å². The lowest BCUT2D eigenvalue weighted by molar-refractivity contribution is 0.768. The molecule has 2 aliphatic carbocycles. The first-order chi connectivity index (χ1) is 38.7. The van der Waals surface area contributed by atoms with Crippen molar-refractivity contribution in [1.82, 2.24) is 9.97 Å². The molecule has 0 amide bonds. The van der Waals surface area contributed by atoms with E-state index < -0.39 is 10.8 Å². The number of aromatic nitrogens is 2. The molecule has 0 spiro atoms. The molecule has 2 aliphatic rings. The molecule has 0 unspecified atom stereocenters. The van der Waals surface area contributed by atoms with Gasteiger partial charge in [-0.15, -0.1) is 0 Å². The summed E-state index contributed by atoms with van der Waals surface area (Å²) in [7, 11) is 0. The highest BCUT2D eigenvalue weighted by Gasteiger charge is 2.47. The van der Waals surface area contributed by atoms with Crippen LogP contribution in [0.4, 0.5) is 0 Å². The maximum absolute atomic E-state index is 5.42. The number of nitrogens with zero attached hydrogens (tertiary/aromatic N) is 2. The van der Waals surface area contributed by atoms with Gasteiger partial charge in [0.2, 0.25) is 0 Å². The Labute approximate surface area is 455 Å². The molecular formula is C76H50N2. The van der Waals surface area contributed by atoms with E-state index in [-0.39, 0.29) is 0 Å². The summed E-state index contributed by atoms with van der Waals surface area (Å²) in [4.78, 5) is 10.8. The van der Waals surface area contributed by atoms with Gasteiger partial charge in [0.25, 0.3) is 0 Å². The van der Waals surface area contributed by atoms with Gasteiger partial charge in [-0.25, -0.2) is 9.97 Å². The molecule has 78 heavy (non-hydrogen) atoms. The molecule has 1 heterocycles. The molecule has 0 saturated heterocycles. The first kappa shape index (κ1) is 45.4. The number of benzene rings is 12. The second-order valence-corrected chi connectivity index (χ2v) is 20.7. The van der Waals surface area contributed by atoms with Gasteiger partial charge in [-0.3, -0.25) is 0 Å². The summed E-state index contributed by atoms with van der Waals surface area (Å²) in [5, 5.41) is 2.30. The zero-order valence-electron chi connectivity index (χ0n) is 42.8. The first-order valence-corrected chi connectivity index (χ1v) is 27.0. The van der Waals surface area contributed by atoms with E-state index >= 15 is 0 Å². The summed E-state index contributed by atoms with van der Waals surface area (Å²) in [6.07, 6.45) is 0. The third kappa shape index (κ3) is 6.97. The van der Waals surface area contributed by atoms with Crippen molar-refractivity contribution >= 4 is 10.8 Å². The van der Waals surface area contributed by atoms with Crippen LogP contribution in [0, 0.1) is 0 Å². The summed E-state index contributed by atoms with van der Waals surface area (Å²) in [5.41, 5.74) is 23.7. The zero-order valence-corrected chi connectivity index (χ0v) is 42.8. The van der Waals surface area contributed by atoms with Crippen molar-refractivity contribution in [2.24, 2.45) is 0 Å². The minimum atomic E-state index is -0.533. The second-order valence-electron chi connectivity index (χ2n) is 20.7. The van der Waals surface area contributed by atoms with Crippen LogP contribution >= 0.6 is 0 Å². The predicted octanol–water partition coefficient (Wildman–Crippen LogP) is 18.7. The number of hydrogen-bond acceptors (Lipinski definition) is 2. The third-order valence-electron chi connectivity index (χ3n) is 16.7. The van der Waals surface area contributed by atoms with E-state index in [0.717, 1.165) is 44.4 Å². The van der Waals surface area contributed by atoms with E-state index in [0.29, 0.717) is 5.82 Å². The van der Waals surface area contributed by atoms with Crippen molar-refractivity contribution in [3.8, 4) is 78.4 Å². The quantitative estimate of drug-likeness (QED) is 0.144. The Morgan fingerprint density at radius 3 is 1.23 bits per heavy atom. The maximum Gasteiger partial charge on any atom is 0.160 e. The summed E-state index contributed by atoms with van der Waals surface area (Å²) < 4.78 is 0. The molecule has 0 atom stereocenters. The van der Waals surface area contributed by atoms with Crippen LogP contribution in [-0.2, 0) is 10.8 Å². The smallest absolute Gasteiger partial charge is 0.160 e. The highest BCUT2D eigenvalue weighted by Crippen LogP contribution is 2.58. The Kier molecular flexibility index (Phi) is 10.7. The lowest BCUT2D eigenvalue weighted by Gasteiger charge is -2.34. The summed E-state index contributed by atoms with van der Waals surface area (Å²) >= 11 is 0. The van der Waals surface area contributed by atoms with E-state index in [1.807, 2.05) is 6.07 Å². The number of rotatable bonds is 9. The van der Waals surface area contributed by atoms with Crippen molar-refractivity contribution in [3.05, 3.63) is 348 Å². The SMILES string of the molecule is c1ccc(-c2nc(-c3ccc4c(c3)C(c3ccccc3)(c3ccccc3)c3ccccc3-4)cc(-c3ccc(-c4cccc(-c5ccc6c(c5)-c5ccccc5C6(c5ccccc5)c5ccccc5)c4)c4ccccc34)n2)cc1. The van der Waals surface area contributed by atoms with Crippen LogP contribution in [0.5, 0.6) is 0 Å². The first-order valence-electron chi connectivity index (χ1n) is 27.0. The van der Waals surface area contributed by atoms with E-state index in [9.17, 15) is 0 Å². The fourth-order valence-corrected chi connectivity index (χ4v) is 13.3. The van der Waals surface area contributed by atoms with Gasteiger partial charge in [0.1, 0.15) is 0 Å². The Hall–Kier alpha value is -10.0.